The molecule has 1 aliphatic carbocycles. The van der Waals surface area contributed by atoms with Crippen molar-refractivity contribution in [3.63, 3.8) is 0 Å². The number of amides is 1. The van der Waals surface area contributed by atoms with Crippen molar-refractivity contribution in [3.05, 3.63) is 28.7 Å². The molecule has 0 aliphatic heterocycles. The molecule has 1 aliphatic rings. The number of carbonyl (C=O) groups excluding carboxylic acids is 1. The van der Waals surface area contributed by atoms with Crippen LogP contribution >= 0.6 is 15.9 Å². The Morgan fingerprint density at radius 3 is 2.79 bits per heavy atom. The van der Waals surface area contributed by atoms with E-state index in [0.29, 0.717) is 0 Å². The summed E-state index contributed by atoms with van der Waals surface area (Å²) in [6.07, 6.45) is 4.12. The second-order valence-electron chi connectivity index (χ2n) is 4.91. The summed E-state index contributed by atoms with van der Waals surface area (Å²) in [7, 11) is 0. The quantitative estimate of drug-likeness (QED) is 0.894. The third-order valence-electron chi connectivity index (χ3n) is 3.24. The minimum absolute atomic E-state index is 0.0907. The zero-order valence-electron chi connectivity index (χ0n) is 10.8. The number of halogens is 1. The number of hydrogen-bond acceptors (Lipinski definition) is 3. The minimum atomic E-state index is -0.124. The standard InChI is InChI=1S/C14H19BrN2O2/c15-10-4-6-12(7-5-10)17-14(18)9-19-13-3-1-2-11(16)8-13/h4-7,11,13H,1-3,8-9,16H2,(H,17,18). The van der Waals surface area contributed by atoms with Gasteiger partial charge in [0.25, 0.3) is 0 Å². The van der Waals surface area contributed by atoms with Crippen LogP contribution in [0.2, 0.25) is 0 Å². The summed E-state index contributed by atoms with van der Waals surface area (Å²) >= 11 is 3.35. The Morgan fingerprint density at radius 2 is 2.11 bits per heavy atom. The molecular formula is C14H19BrN2O2. The predicted molar refractivity (Wildman–Crippen MR) is 79.0 cm³/mol. The number of benzene rings is 1. The van der Waals surface area contributed by atoms with Crippen molar-refractivity contribution in [1.82, 2.24) is 0 Å². The molecule has 3 N–H and O–H groups in total. The summed E-state index contributed by atoms with van der Waals surface area (Å²) in [5.41, 5.74) is 6.66. The van der Waals surface area contributed by atoms with Gasteiger partial charge in [-0.3, -0.25) is 4.79 Å². The smallest absolute Gasteiger partial charge is 0.250 e. The van der Waals surface area contributed by atoms with Crippen LogP contribution in [0, 0.1) is 0 Å². The maximum Gasteiger partial charge on any atom is 0.250 e. The molecule has 1 amide bonds. The summed E-state index contributed by atoms with van der Waals surface area (Å²) in [4.78, 5) is 11.7. The lowest BCUT2D eigenvalue weighted by molar-refractivity contribution is -0.123. The second kappa shape index (κ2) is 7.03. The highest BCUT2D eigenvalue weighted by Crippen LogP contribution is 2.20. The Balaban J connectivity index is 1.73. The van der Waals surface area contributed by atoms with E-state index in [2.05, 4.69) is 21.2 Å². The molecular weight excluding hydrogens is 308 g/mol. The largest absolute Gasteiger partial charge is 0.368 e. The van der Waals surface area contributed by atoms with E-state index >= 15 is 0 Å². The number of carbonyl (C=O) groups is 1. The highest BCUT2D eigenvalue weighted by molar-refractivity contribution is 9.10. The lowest BCUT2D eigenvalue weighted by Crippen LogP contribution is -2.33. The summed E-state index contributed by atoms with van der Waals surface area (Å²) < 4.78 is 6.59. The Morgan fingerprint density at radius 1 is 1.37 bits per heavy atom. The molecule has 1 saturated carbocycles. The van der Waals surface area contributed by atoms with Crippen LogP contribution in [0.1, 0.15) is 25.7 Å². The maximum atomic E-state index is 11.7. The molecule has 0 aromatic heterocycles. The van der Waals surface area contributed by atoms with Crippen molar-refractivity contribution in [2.75, 3.05) is 11.9 Å². The molecule has 19 heavy (non-hydrogen) atoms. The third kappa shape index (κ3) is 4.93. The van der Waals surface area contributed by atoms with Crippen molar-refractivity contribution < 1.29 is 9.53 Å². The molecule has 0 radical (unpaired) electrons. The highest BCUT2D eigenvalue weighted by Gasteiger charge is 2.20. The van der Waals surface area contributed by atoms with Crippen molar-refractivity contribution in [3.8, 4) is 0 Å². The van der Waals surface area contributed by atoms with Gasteiger partial charge < -0.3 is 15.8 Å². The monoisotopic (exact) mass is 326 g/mol. The van der Waals surface area contributed by atoms with Crippen LogP contribution in [-0.2, 0) is 9.53 Å². The first-order chi connectivity index (χ1) is 9.13. The van der Waals surface area contributed by atoms with E-state index in [1.807, 2.05) is 24.3 Å². The fourth-order valence-corrected chi connectivity index (χ4v) is 2.52. The van der Waals surface area contributed by atoms with Gasteiger partial charge in [-0.05, 0) is 49.9 Å². The molecule has 5 heteroatoms. The van der Waals surface area contributed by atoms with Gasteiger partial charge in [0.15, 0.2) is 0 Å². The fraction of sp³-hybridized carbons (Fsp3) is 0.500. The lowest BCUT2D eigenvalue weighted by Gasteiger charge is -2.26. The first kappa shape index (κ1) is 14.5. The van der Waals surface area contributed by atoms with Crippen LogP contribution in [0.5, 0.6) is 0 Å². The summed E-state index contributed by atoms with van der Waals surface area (Å²) in [6, 6.07) is 7.68. The van der Waals surface area contributed by atoms with Crippen LogP contribution in [0.25, 0.3) is 0 Å². The summed E-state index contributed by atoms with van der Waals surface area (Å²) in [5, 5.41) is 2.80. The lowest BCUT2D eigenvalue weighted by atomic mass is 9.94. The van der Waals surface area contributed by atoms with Gasteiger partial charge in [-0.25, -0.2) is 0 Å². The first-order valence-electron chi connectivity index (χ1n) is 6.56. The van der Waals surface area contributed by atoms with E-state index in [4.69, 9.17) is 10.5 Å². The Hall–Kier alpha value is -0.910. The molecule has 2 unspecified atom stereocenters. The SMILES string of the molecule is NC1CCCC(OCC(=O)Nc2ccc(Br)cc2)C1. The van der Waals surface area contributed by atoms with E-state index in [-0.39, 0.29) is 24.7 Å². The van der Waals surface area contributed by atoms with Gasteiger partial charge in [0.05, 0.1) is 6.10 Å². The van der Waals surface area contributed by atoms with Crippen LogP contribution in [0.4, 0.5) is 5.69 Å². The number of anilines is 1. The summed E-state index contributed by atoms with van der Waals surface area (Å²) in [6.45, 7) is 0.0907. The topological polar surface area (TPSA) is 64.3 Å². The van der Waals surface area contributed by atoms with Crippen molar-refractivity contribution in [2.45, 2.75) is 37.8 Å². The second-order valence-corrected chi connectivity index (χ2v) is 5.83. The highest BCUT2D eigenvalue weighted by atomic mass is 79.9. The van der Waals surface area contributed by atoms with E-state index in [0.717, 1.165) is 35.8 Å². The fourth-order valence-electron chi connectivity index (χ4n) is 2.26. The first-order valence-corrected chi connectivity index (χ1v) is 7.35. The van der Waals surface area contributed by atoms with Crippen molar-refractivity contribution >= 4 is 27.5 Å². The Kier molecular flexibility index (Phi) is 5.36. The number of rotatable bonds is 4. The van der Waals surface area contributed by atoms with E-state index in [1.165, 1.54) is 0 Å². The summed E-state index contributed by atoms with van der Waals surface area (Å²) in [5.74, 6) is -0.124. The zero-order valence-corrected chi connectivity index (χ0v) is 12.4. The molecule has 0 saturated heterocycles. The molecule has 2 rings (SSSR count). The zero-order chi connectivity index (χ0) is 13.7. The molecule has 1 fully saturated rings. The molecule has 104 valence electrons. The molecule has 1 aromatic carbocycles. The predicted octanol–water partition coefficient (Wildman–Crippen LogP) is 2.67. The van der Waals surface area contributed by atoms with Gasteiger partial charge in [0.2, 0.25) is 5.91 Å². The van der Waals surface area contributed by atoms with Crippen molar-refractivity contribution in [2.24, 2.45) is 5.73 Å². The van der Waals surface area contributed by atoms with E-state index in [9.17, 15) is 4.79 Å². The number of ether oxygens (including phenoxy) is 1. The average Bonchev–Trinajstić information content (AvgIpc) is 2.39. The number of hydrogen-bond donors (Lipinski definition) is 2. The van der Waals surface area contributed by atoms with E-state index < -0.39 is 0 Å². The van der Waals surface area contributed by atoms with Gasteiger partial charge in [0.1, 0.15) is 6.61 Å². The Labute approximate surface area is 121 Å². The van der Waals surface area contributed by atoms with Gasteiger partial charge in [-0.1, -0.05) is 15.9 Å². The number of nitrogens with one attached hydrogen (secondary N) is 1. The van der Waals surface area contributed by atoms with Gasteiger partial charge in [-0.2, -0.15) is 0 Å². The molecule has 0 heterocycles. The molecule has 1 aromatic rings. The van der Waals surface area contributed by atoms with Crippen LogP contribution < -0.4 is 11.1 Å². The molecule has 2 atom stereocenters. The van der Waals surface area contributed by atoms with Gasteiger partial charge in [-0.15, -0.1) is 0 Å². The maximum absolute atomic E-state index is 11.7. The normalized spacial score (nSPS) is 23.1. The van der Waals surface area contributed by atoms with Gasteiger partial charge >= 0.3 is 0 Å². The Bertz CT molecular complexity index is 422. The third-order valence-corrected chi connectivity index (χ3v) is 3.77. The minimum Gasteiger partial charge on any atom is -0.368 e. The molecule has 0 spiro atoms. The van der Waals surface area contributed by atoms with Crippen molar-refractivity contribution in [1.29, 1.82) is 0 Å². The van der Waals surface area contributed by atoms with Crippen LogP contribution in [0.15, 0.2) is 28.7 Å². The van der Waals surface area contributed by atoms with Gasteiger partial charge in [0, 0.05) is 16.2 Å². The van der Waals surface area contributed by atoms with E-state index in [1.54, 1.807) is 0 Å². The molecule has 4 nitrogen and oxygen atoms in total. The average molecular weight is 327 g/mol. The molecule has 0 bridgehead atoms. The number of nitrogens with two attached hydrogens (primary N) is 1. The van der Waals surface area contributed by atoms with Crippen LogP contribution in [-0.4, -0.2) is 24.7 Å². The van der Waals surface area contributed by atoms with Crippen LogP contribution in [0.3, 0.4) is 0 Å².